The Morgan fingerprint density at radius 3 is 2.61 bits per heavy atom. The van der Waals surface area contributed by atoms with E-state index in [9.17, 15) is 4.39 Å². The van der Waals surface area contributed by atoms with Gasteiger partial charge in [-0.05, 0) is 29.2 Å². The molecule has 0 amide bonds. The van der Waals surface area contributed by atoms with Crippen LogP contribution in [0.5, 0.6) is 0 Å². The number of nitrogens with two attached hydrogens (primary N) is 1. The first-order valence-corrected chi connectivity index (χ1v) is 5.80. The maximum atomic E-state index is 13.4. The number of rotatable bonds is 4. The van der Waals surface area contributed by atoms with E-state index < -0.39 is 5.82 Å². The minimum atomic E-state index is -0.397. The van der Waals surface area contributed by atoms with Gasteiger partial charge in [-0.15, -0.1) is 0 Å². The van der Waals surface area contributed by atoms with Gasteiger partial charge in [-0.3, -0.25) is 0 Å². The van der Waals surface area contributed by atoms with Gasteiger partial charge < -0.3 is 16.3 Å². The monoisotopic (exact) mass is 253 g/mol. The van der Waals surface area contributed by atoms with Crippen molar-refractivity contribution in [3.63, 3.8) is 0 Å². The molecule has 0 aliphatic heterocycles. The van der Waals surface area contributed by atoms with Gasteiger partial charge in [-0.25, -0.2) is 4.39 Å². The fourth-order valence-electron chi connectivity index (χ4n) is 1.54. The molecule has 18 heavy (non-hydrogen) atoms. The molecule has 1 aromatic rings. The highest BCUT2D eigenvalue weighted by atomic mass is 19.1. The molecule has 0 saturated heterocycles. The molecule has 0 aliphatic rings. The Balaban J connectivity index is 2.75. The van der Waals surface area contributed by atoms with E-state index in [2.05, 4.69) is 31.2 Å². The Bertz CT molecular complexity index is 438. The average Bonchev–Trinajstić information content (AvgIpc) is 2.25. The molecule has 0 bridgehead atoms. The first kappa shape index (κ1) is 14.4. The van der Waals surface area contributed by atoms with Crippen LogP contribution in [0.1, 0.15) is 31.9 Å². The lowest BCUT2D eigenvalue weighted by Crippen LogP contribution is -2.26. The Morgan fingerprint density at radius 2 is 2.06 bits per heavy atom. The van der Waals surface area contributed by atoms with Crippen molar-refractivity contribution >= 4 is 5.84 Å². The van der Waals surface area contributed by atoms with Crippen molar-refractivity contribution in [3.8, 4) is 0 Å². The standard InChI is InChI=1S/C13H20FN3O/c1-13(2,3)8-16-7-9-4-10(12(15)17-18)6-11(14)5-9/h4-6,16,18H,7-8H2,1-3H3,(H2,15,17). The fourth-order valence-corrected chi connectivity index (χ4v) is 1.54. The summed E-state index contributed by atoms with van der Waals surface area (Å²) in [5.41, 5.74) is 6.76. The third-order valence-electron chi connectivity index (χ3n) is 2.35. The molecular weight excluding hydrogens is 233 g/mol. The van der Waals surface area contributed by atoms with Gasteiger partial charge in [0, 0.05) is 18.7 Å². The van der Waals surface area contributed by atoms with Crippen molar-refractivity contribution in [2.75, 3.05) is 6.54 Å². The maximum Gasteiger partial charge on any atom is 0.170 e. The predicted octanol–water partition coefficient (Wildman–Crippen LogP) is 2.06. The summed E-state index contributed by atoms with van der Waals surface area (Å²) in [6.07, 6.45) is 0. The number of nitrogens with zero attached hydrogens (tertiary/aromatic N) is 1. The summed E-state index contributed by atoms with van der Waals surface area (Å²) in [5, 5.41) is 14.7. The van der Waals surface area contributed by atoms with E-state index in [1.165, 1.54) is 12.1 Å². The van der Waals surface area contributed by atoms with Crippen LogP contribution in [-0.2, 0) is 6.54 Å². The maximum absolute atomic E-state index is 13.4. The summed E-state index contributed by atoms with van der Waals surface area (Å²) in [7, 11) is 0. The van der Waals surface area contributed by atoms with Crippen LogP contribution in [0.3, 0.4) is 0 Å². The molecular formula is C13H20FN3O. The molecule has 0 unspecified atom stereocenters. The van der Waals surface area contributed by atoms with Gasteiger partial charge in [0.05, 0.1) is 0 Å². The third kappa shape index (κ3) is 4.71. The lowest BCUT2D eigenvalue weighted by Gasteiger charge is -2.18. The number of oxime groups is 1. The highest BCUT2D eigenvalue weighted by Crippen LogP contribution is 2.12. The van der Waals surface area contributed by atoms with Crippen LogP contribution < -0.4 is 11.1 Å². The number of benzene rings is 1. The summed E-state index contributed by atoms with van der Waals surface area (Å²) < 4.78 is 13.4. The zero-order valence-corrected chi connectivity index (χ0v) is 11.0. The Labute approximate surface area is 107 Å². The van der Waals surface area contributed by atoms with Gasteiger partial charge in [0.2, 0.25) is 0 Å². The normalized spacial score (nSPS) is 12.8. The van der Waals surface area contributed by atoms with E-state index in [-0.39, 0.29) is 11.3 Å². The highest BCUT2D eigenvalue weighted by Gasteiger charge is 2.10. The van der Waals surface area contributed by atoms with Crippen LogP contribution in [0.2, 0.25) is 0 Å². The van der Waals surface area contributed by atoms with Crippen molar-refractivity contribution in [1.29, 1.82) is 0 Å². The Kier molecular flexibility index (Phi) is 4.67. The van der Waals surface area contributed by atoms with Crippen molar-refractivity contribution in [3.05, 3.63) is 35.1 Å². The molecule has 100 valence electrons. The fraction of sp³-hybridized carbons (Fsp3) is 0.462. The van der Waals surface area contributed by atoms with Crippen molar-refractivity contribution in [2.24, 2.45) is 16.3 Å². The summed E-state index contributed by atoms with van der Waals surface area (Å²) >= 11 is 0. The van der Waals surface area contributed by atoms with Gasteiger partial charge in [-0.1, -0.05) is 25.9 Å². The van der Waals surface area contributed by atoms with E-state index >= 15 is 0 Å². The quantitative estimate of drug-likeness (QED) is 0.333. The summed E-state index contributed by atoms with van der Waals surface area (Å²) in [5.74, 6) is -0.488. The van der Waals surface area contributed by atoms with Gasteiger partial charge in [0.1, 0.15) is 5.82 Å². The minimum absolute atomic E-state index is 0.0911. The number of hydrogen-bond acceptors (Lipinski definition) is 3. The summed E-state index contributed by atoms with van der Waals surface area (Å²) in [6.45, 7) is 7.72. The van der Waals surface area contributed by atoms with Crippen LogP contribution in [0.25, 0.3) is 0 Å². The SMILES string of the molecule is CC(C)(C)CNCc1cc(F)cc(/C(N)=N/O)c1. The largest absolute Gasteiger partial charge is 0.409 e. The smallest absolute Gasteiger partial charge is 0.170 e. The molecule has 0 saturated carbocycles. The first-order chi connectivity index (χ1) is 8.31. The van der Waals surface area contributed by atoms with E-state index in [1.54, 1.807) is 6.07 Å². The first-order valence-electron chi connectivity index (χ1n) is 5.80. The predicted molar refractivity (Wildman–Crippen MR) is 70.1 cm³/mol. The molecule has 0 atom stereocenters. The van der Waals surface area contributed by atoms with E-state index in [0.29, 0.717) is 12.1 Å². The lowest BCUT2D eigenvalue weighted by atomic mass is 9.97. The second kappa shape index (κ2) is 5.82. The zero-order chi connectivity index (χ0) is 13.8. The van der Waals surface area contributed by atoms with Crippen LogP contribution in [0, 0.1) is 11.2 Å². The van der Waals surface area contributed by atoms with Crippen molar-refractivity contribution in [1.82, 2.24) is 5.32 Å². The topological polar surface area (TPSA) is 70.6 Å². The zero-order valence-electron chi connectivity index (χ0n) is 11.0. The summed E-state index contributed by atoms with van der Waals surface area (Å²) in [4.78, 5) is 0. The van der Waals surface area contributed by atoms with Gasteiger partial charge >= 0.3 is 0 Å². The van der Waals surface area contributed by atoms with E-state index in [0.717, 1.165) is 12.1 Å². The Hall–Kier alpha value is -1.62. The molecule has 0 fully saturated rings. The summed E-state index contributed by atoms with van der Waals surface area (Å²) in [6, 6.07) is 4.37. The molecule has 4 nitrogen and oxygen atoms in total. The Morgan fingerprint density at radius 1 is 1.39 bits per heavy atom. The van der Waals surface area contributed by atoms with Gasteiger partial charge in [-0.2, -0.15) is 0 Å². The van der Waals surface area contributed by atoms with E-state index in [1.807, 2.05) is 0 Å². The van der Waals surface area contributed by atoms with Crippen molar-refractivity contribution in [2.45, 2.75) is 27.3 Å². The molecule has 4 N–H and O–H groups in total. The molecule has 0 radical (unpaired) electrons. The number of amidine groups is 1. The van der Waals surface area contributed by atoms with E-state index in [4.69, 9.17) is 10.9 Å². The van der Waals surface area contributed by atoms with Crippen LogP contribution in [0.4, 0.5) is 4.39 Å². The highest BCUT2D eigenvalue weighted by molar-refractivity contribution is 5.97. The molecule has 0 aliphatic carbocycles. The average molecular weight is 253 g/mol. The molecule has 0 spiro atoms. The van der Waals surface area contributed by atoms with Gasteiger partial charge in [0.25, 0.3) is 0 Å². The van der Waals surface area contributed by atoms with Crippen LogP contribution >= 0.6 is 0 Å². The number of nitrogens with one attached hydrogen (secondary N) is 1. The lowest BCUT2D eigenvalue weighted by molar-refractivity contribution is 0.318. The third-order valence-corrected chi connectivity index (χ3v) is 2.35. The molecule has 0 heterocycles. The number of hydrogen-bond donors (Lipinski definition) is 3. The van der Waals surface area contributed by atoms with Crippen LogP contribution in [-0.4, -0.2) is 17.6 Å². The molecule has 1 aromatic carbocycles. The van der Waals surface area contributed by atoms with Gasteiger partial charge in [0.15, 0.2) is 5.84 Å². The minimum Gasteiger partial charge on any atom is -0.409 e. The van der Waals surface area contributed by atoms with Crippen molar-refractivity contribution < 1.29 is 9.60 Å². The second-order valence-electron chi connectivity index (χ2n) is 5.50. The molecule has 5 heteroatoms. The van der Waals surface area contributed by atoms with Crippen LogP contribution in [0.15, 0.2) is 23.4 Å². The number of halogens is 1. The molecule has 0 aromatic heterocycles. The second-order valence-corrected chi connectivity index (χ2v) is 5.50. The molecule has 1 rings (SSSR count).